The number of sulfone groups is 2. The highest BCUT2D eigenvalue weighted by atomic mass is 32.2. The summed E-state index contributed by atoms with van der Waals surface area (Å²) in [6, 6.07) is 0. The first-order valence-corrected chi connectivity index (χ1v) is 8.93. The molecule has 5 nitrogen and oxygen atoms in total. The van der Waals surface area contributed by atoms with Crippen LogP contribution in [0.15, 0.2) is 21.6 Å². The van der Waals surface area contributed by atoms with E-state index in [0.29, 0.717) is 19.3 Å². The highest BCUT2D eigenvalue weighted by molar-refractivity contribution is 7.95. The second kappa shape index (κ2) is 4.81. The van der Waals surface area contributed by atoms with Crippen molar-refractivity contribution >= 4 is 19.7 Å². The van der Waals surface area contributed by atoms with Gasteiger partial charge in [0.05, 0.1) is 0 Å². The Morgan fingerprint density at radius 1 is 1.00 bits per heavy atom. The predicted molar refractivity (Wildman–Crippen MR) is 65.9 cm³/mol. The summed E-state index contributed by atoms with van der Waals surface area (Å²) in [5.41, 5.74) is 0. The largest absolute Gasteiger partial charge is 0.511 e. The number of rotatable bonds is 2. The molecular formula is C10H16O5S2. The van der Waals surface area contributed by atoms with Crippen molar-refractivity contribution in [3.63, 3.8) is 0 Å². The van der Waals surface area contributed by atoms with Crippen LogP contribution in [0.4, 0.5) is 0 Å². The van der Waals surface area contributed by atoms with Crippen LogP contribution in [-0.4, -0.2) is 34.5 Å². The van der Waals surface area contributed by atoms with E-state index >= 15 is 0 Å². The molecule has 1 aliphatic rings. The molecule has 0 fully saturated rings. The van der Waals surface area contributed by atoms with E-state index in [1.54, 1.807) is 0 Å². The molecular weight excluding hydrogens is 264 g/mol. The Labute approximate surface area is 102 Å². The van der Waals surface area contributed by atoms with Crippen molar-refractivity contribution in [2.24, 2.45) is 0 Å². The maximum Gasteiger partial charge on any atom is 0.178 e. The molecule has 0 aromatic carbocycles. The zero-order valence-corrected chi connectivity index (χ0v) is 11.4. The fourth-order valence-corrected chi connectivity index (χ4v) is 3.44. The Balaban J connectivity index is 3.44. The minimum Gasteiger partial charge on any atom is -0.511 e. The molecule has 0 bridgehead atoms. The van der Waals surface area contributed by atoms with Crippen LogP contribution in [0.3, 0.4) is 0 Å². The summed E-state index contributed by atoms with van der Waals surface area (Å²) in [6.45, 7) is 0. The first kappa shape index (κ1) is 14.2. The Morgan fingerprint density at radius 3 is 2.00 bits per heavy atom. The van der Waals surface area contributed by atoms with Crippen LogP contribution >= 0.6 is 0 Å². The average Bonchev–Trinajstić information content (AvgIpc) is 2.07. The van der Waals surface area contributed by atoms with Gasteiger partial charge in [-0.05, 0) is 25.3 Å². The summed E-state index contributed by atoms with van der Waals surface area (Å²) in [5.74, 6) is -0.256. The van der Waals surface area contributed by atoms with Gasteiger partial charge in [0.25, 0.3) is 0 Å². The van der Waals surface area contributed by atoms with Crippen LogP contribution in [0.2, 0.25) is 0 Å². The summed E-state index contributed by atoms with van der Waals surface area (Å²) in [7, 11) is -7.05. The molecule has 17 heavy (non-hydrogen) atoms. The molecule has 0 amide bonds. The van der Waals surface area contributed by atoms with Crippen molar-refractivity contribution in [2.45, 2.75) is 25.7 Å². The van der Waals surface area contributed by atoms with Crippen LogP contribution < -0.4 is 0 Å². The third-order valence-corrected chi connectivity index (χ3v) is 4.97. The van der Waals surface area contributed by atoms with E-state index in [1.165, 1.54) is 0 Å². The van der Waals surface area contributed by atoms with Gasteiger partial charge in [-0.2, -0.15) is 0 Å². The fourth-order valence-electron chi connectivity index (χ4n) is 1.63. The van der Waals surface area contributed by atoms with Crippen LogP contribution in [-0.2, 0) is 19.7 Å². The Bertz CT molecular complexity index is 564. The standard InChI is InChI=1S/C10H16O5S2/c1-16(12,13)8-5-3-4-6-9(11)10(7-8)17(2,14)15/h7,11H,3-6H2,1-2H3/b8-7+,10-9-. The van der Waals surface area contributed by atoms with Gasteiger partial charge in [0.1, 0.15) is 10.7 Å². The van der Waals surface area contributed by atoms with Gasteiger partial charge < -0.3 is 5.11 Å². The summed E-state index contributed by atoms with van der Waals surface area (Å²) in [6.07, 6.45) is 4.83. The smallest absolute Gasteiger partial charge is 0.178 e. The van der Waals surface area contributed by atoms with Crippen LogP contribution in [0.5, 0.6) is 0 Å². The number of aliphatic hydroxyl groups is 1. The predicted octanol–water partition coefficient (Wildman–Crippen LogP) is 1.30. The number of hydrogen-bond donors (Lipinski definition) is 1. The van der Waals surface area contributed by atoms with E-state index in [-0.39, 0.29) is 22.0 Å². The van der Waals surface area contributed by atoms with Crippen LogP contribution in [0.1, 0.15) is 25.7 Å². The van der Waals surface area contributed by atoms with Gasteiger partial charge in [-0.3, -0.25) is 0 Å². The SMILES string of the molecule is CS(=O)(=O)C1=C(\O)CCCC/C(S(C)(=O)=O)=C\1. The fraction of sp³-hybridized carbons (Fsp3) is 0.600. The molecule has 1 rings (SSSR count). The van der Waals surface area contributed by atoms with E-state index in [2.05, 4.69) is 0 Å². The Hall–Kier alpha value is -0.820. The second-order valence-electron chi connectivity index (χ2n) is 4.17. The maximum absolute atomic E-state index is 11.5. The molecule has 0 heterocycles. The van der Waals surface area contributed by atoms with Gasteiger partial charge in [-0.15, -0.1) is 0 Å². The zero-order valence-electron chi connectivity index (χ0n) is 9.80. The molecule has 0 aromatic heterocycles. The van der Waals surface area contributed by atoms with E-state index in [0.717, 1.165) is 18.6 Å². The van der Waals surface area contributed by atoms with E-state index < -0.39 is 19.7 Å². The topological polar surface area (TPSA) is 88.5 Å². The van der Waals surface area contributed by atoms with E-state index in [9.17, 15) is 21.9 Å². The maximum atomic E-state index is 11.5. The lowest BCUT2D eigenvalue weighted by molar-refractivity contribution is 0.378. The van der Waals surface area contributed by atoms with Gasteiger partial charge in [-0.1, -0.05) is 0 Å². The molecule has 1 aliphatic carbocycles. The van der Waals surface area contributed by atoms with Gasteiger partial charge in [0.15, 0.2) is 19.7 Å². The van der Waals surface area contributed by atoms with Crippen molar-refractivity contribution in [1.82, 2.24) is 0 Å². The second-order valence-corrected chi connectivity index (χ2v) is 8.23. The first-order valence-electron chi connectivity index (χ1n) is 5.15. The van der Waals surface area contributed by atoms with Crippen molar-refractivity contribution < 1.29 is 21.9 Å². The molecule has 7 heteroatoms. The molecule has 98 valence electrons. The van der Waals surface area contributed by atoms with E-state index in [4.69, 9.17) is 0 Å². The van der Waals surface area contributed by atoms with Gasteiger partial charge in [0.2, 0.25) is 0 Å². The van der Waals surface area contributed by atoms with Crippen molar-refractivity contribution in [3.05, 3.63) is 21.6 Å². The molecule has 0 saturated carbocycles. The molecule has 0 saturated heterocycles. The lowest BCUT2D eigenvalue weighted by atomic mass is 10.1. The zero-order chi connectivity index (χ0) is 13.3. The quantitative estimate of drug-likeness (QED) is 0.823. The molecule has 0 aliphatic heterocycles. The molecule has 0 unspecified atom stereocenters. The number of allylic oxidation sites excluding steroid dienone is 3. The lowest BCUT2D eigenvalue weighted by Gasteiger charge is -2.12. The first-order chi connectivity index (χ1) is 7.62. The summed E-state index contributed by atoms with van der Waals surface area (Å²) in [5, 5.41) is 9.65. The molecule has 0 aromatic rings. The summed E-state index contributed by atoms with van der Waals surface area (Å²) in [4.78, 5) is -0.221. The van der Waals surface area contributed by atoms with E-state index in [1.807, 2.05) is 0 Å². The monoisotopic (exact) mass is 280 g/mol. The molecule has 1 N–H and O–H groups in total. The minimum atomic E-state index is -3.62. The van der Waals surface area contributed by atoms with Crippen molar-refractivity contribution in [2.75, 3.05) is 12.5 Å². The normalized spacial score (nSPS) is 26.8. The van der Waals surface area contributed by atoms with Crippen molar-refractivity contribution in [3.8, 4) is 0 Å². The molecule has 0 radical (unpaired) electrons. The minimum absolute atomic E-state index is 0.0594. The molecule has 0 atom stereocenters. The third-order valence-electron chi connectivity index (χ3n) is 2.54. The van der Waals surface area contributed by atoms with Crippen LogP contribution in [0.25, 0.3) is 0 Å². The Kier molecular flexibility index (Phi) is 4.03. The number of hydrogen-bond acceptors (Lipinski definition) is 5. The average molecular weight is 280 g/mol. The Morgan fingerprint density at radius 2 is 1.53 bits per heavy atom. The van der Waals surface area contributed by atoms with Gasteiger partial charge in [0, 0.05) is 23.8 Å². The number of aliphatic hydroxyl groups excluding tert-OH is 1. The van der Waals surface area contributed by atoms with Crippen LogP contribution in [0, 0.1) is 0 Å². The summed E-state index contributed by atoms with van der Waals surface area (Å²) < 4.78 is 45.9. The highest BCUT2D eigenvalue weighted by Gasteiger charge is 2.21. The third kappa shape index (κ3) is 3.85. The van der Waals surface area contributed by atoms with Gasteiger partial charge >= 0.3 is 0 Å². The highest BCUT2D eigenvalue weighted by Crippen LogP contribution is 2.26. The lowest BCUT2D eigenvalue weighted by Crippen LogP contribution is -2.09. The molecule has 0 spiro atoms. The van der Waals surface area contributed by atoms with Gasteiger partial charge in [-0.25, -0.2) is 16.8 Å². The van der Waals surface area contributed by atoms with Crippen molar-refractivity contribution in [1.29, 1.82) is 0 Å². The summed E-state index contributed by atoms with van der Waals surface area (Å²) >= 11 is 0.